The first kappa shape index (κ1) is 18.8. The predicted octanol–water partition coefficient (Wildman–Crippen LogP) is 3.76. The minimum atomic E-state index is -4.78. The summed E-state index contributed by atoms with van der Waals surface area (Å²) in [6, 6.07) is 6.10. The van der Waals surface area contributed by atoms with Gasteiger partial charge in [-0.1, -0.05) is 12.1 Å². The maximum absolute atomic E-state index is 12.9. The topological polar surface area (TPSA) is 71.8 Å². The first-order valence-corrected chi connectivity index (χ1v) is 8.06. The number of aryl methyl sites for hydroxylation is 2. The summed E-state index contributed by atoms with van der Waals surface area (Å²) in [5, 5.41) is 2.67. The summed E-state index contributed by atoms with van der Waals surface area (Å²) in [6.45, 7) is 4.95. The van der Waals surface area contributed by atoms with Crippen molar-refractivity contribution in [2.75, 3.05) is 0 Å². The summed E-state index contributed by atoms with van der Waals surface area (Å²) in [5.74, 6) is 0.299. The number of nitrogens with one attached hydrogen (secondary N) is 1. The van der Waals surface area contributed by atoms with Crippen molar-refractivity contribution in [2.24, 2.45) is 0 Å². The second kappa shape index (κ2) is 6.33. The van der Waals surface area contributed by atoms with Gasteiger partial charge in [0.15, 0.2) is 0 Å². The van der Waals surface area contributed by atoms with Crippen LogP contribution < -0.4 is 10.1 Å². The van der Waals surface area contributed by atoms with Crippen LogP contribution in [0.25, 0.3) is 0 Å². The van der Waals surface area contributed by atoms with Crippen molar-refractivity contribution >= 4 is 11.9 Å². The van der Waals surface area contributed by atoms with Crippen molar-refractivity contribution in [3.63, 3.8) is 0 Å². The zero-order valence-corrected chi connectivity index (χ0v) is 14.8. The Morgan fingerprint density at radius 1 is 1.19 bits per heavy atom. The van der Waals surface area contributed by atoms with Crippen molar-refractivity contribution in [1.29, 1.82) is 0 Å². The molecular weight excluding hydrogens is 365 g/mol. The van der Waals surface area contributed by atoms with E-state index in [2.05, 4.69) is 10.1 Å². The molecule has 3 rings (SSSR count). The molecule has 1 saturated heterocycles. The van der Waals surface area contributed by atoms with Crippen LogP contribution >= 0.6 is 0 Å². The molecule has 6 nitrogen and oxygen atoms in total. The van der Waals surface area contributed by atoms with Crippen LogP contribution in [-0.2, 0) is 16.9 Å². The number of amides is 3. The Morgan fingerprint density at radius 3 is 2.33 bits per heavy atom. The van der Waals surface area contributed by atoms with Crippen molar-refractivity contribution in [3.05, 3.63) is 53.0 Å². The van der Waals surface area contributed by atoms with E-state index in [1.54, 1.807) is 26.8 Å². The zero-order chi connectivity index (χ0) is 20.0. The molecule has 1 N–H and O–H groups in total. The Hall–Kier alpha value is -2.97. The molecule has 0 aliphatic carbocycles. The molecule has 0 radical (unpaired) electrons. The number of rotatable bonds is 4. The van der Waals surface area contributed by atoms with Crippen LogP contribution in [0.1, 0.15) is 29.6 Å². The molecule has 0 saturated carbocycles. The molecule has 1 aromatic carbocycles. The number of urea groups is 1. The van der Waals surface area contributed by atoms with Crippen LogP contribution in [0.3, 0.4) is 0 Å². The molecular formula is C18H17F3N2O4. The van der Waals surface area contributed by atoms with Crippen LogP contribution in [0.5, 0.6) is 5.75 Å². The lowest BCUT2D eigenvalue weighted by molar-refractivity contribution is -0.274. The third kappa shape index (κ3) is 3.62. The van der Waals surface area contributed by atoms with Gasteiger partial charge in [0, 0.05) is 5.56 Å². The first-order valence-electron chi connectivity index (χ1n) is 8.06. The molecule has 0 bridgehead atoms. The van der Waals surface area contributed by atoms with Gasteiger partial charge in [0.25, 0.3) is 5.91 Å². The zero-order valence-electron chi connectivity index (χ0n) is 14.8. The van der Waals surface area contributed by atoms with Gasteiger partial charge in [0.05, 0.1) is 6.54 Å². The van der Waals surface area contributed by atoms with E-state index in [0.29, 0.717) is 22.6 Å². The smallest absolute Gasteiger partial charge is 0.466 e. The number of alkyl halides is 3. The summed E-state index contributed by atoms with van der Waals surface area (Å²) < 4.78 is 45.9. The van der Waals surface area contributed by atoms with Gasteiger partial charge in [-0.25, -0.2) is 4.79 Å². The normalized spacial score (nSPS) is 20.1. The number of furan rings is 1. The fourth-order valence-corrected chi connectivity index (χ4v) is 3.13. The molecule has 144 valence electrons. The summed E-state index contributed by atoms with van der Waals surface area (Å²) in [7, 11) is 0. The number of benzene rings is 1. The number of ether oxygens (including phenoxy) is 1. The molecule has 1 aromatic heterocycles. The number of halogens is 3. The number of carbonyl (C=O) groups excluding carboxylic acids is 2. The number of hydrogen-bond acceptors (Lipinski definition) is 4. The van der Waals surface area contributed by atoms with Crippen molar-refractivity contribution in [1.82, 2.24) is 10.2 Å². The highest BCUT2D eigenvalue weighted by Crippen LogP contribution is 2.33. The van der Waals surface area contributed by atoms with E-state index >= 15 is 0 Å². The van der Waals surface area contributed by atoms with Crippen LogP contribution in [0.15, 0.2) is 34.7 Å². The number of imide groups is 1. The van der Waals surface area contributed by atoms with Crippen LogP contribution in [0.2, 0.25) is 0 Å². The maximum atomic E-state index is 12.9. The third-order valence-electron chi connectivity index (χ3n) is 4.35. The van der Waals surface area contributed by atoms with E-state index in [1.165, 1.54) is 12.1 Å². The highest BCUT2D eigenvalue weighted by molar-refractivity contribution is 6.07. The van der Waals surface area contributed by atoms with Gasteiger partial charge in [-0.2, -0.15) is 0 Å². The quantitative estimate of drug-likeness (QED) is 0.818. The van der Waals surface area contributed by atoms with E-state index in [0.717, 1.165) is 17.0 Å². The summed E-state index contributed by atoms with van der Waals surface area (Å²) in [4.78, 5) is 26.2. The van der Waals surface area contributed by atoms with Crippen LogP contribution in [0, 0.1) is 13.8 Å². The fraction of sp³-hybridized carbons (Fsp3) is 0.333. The second-order valence-corrected chi connectivity index (χ2v) is 6.47. The van der Waals surface area contributed by atoms with E-state index in [4.69, 9.17) is 4.42 Å². The second-order valence-electron chi connectivity index (χ2n) is 6.47. The lowest BCUT2D eigenvalue weighted by atomic mass is 9.92. The van der Waals surface area contributed by atoms with Gasteiger partial charge in [-0.15, -0.1) is 13.2 Å². The lowest BCUT2D eigenvalue weighted by Gasteiger charge is -2.21. The minimum Gasteiger partial charge on any atom is -0.466 e. The Morgan fingerprint density at radius 2 is 1.81 bits per heavy atom. The largest absolute Gasteiger partial charge is 0.573 e. The molecule has 2 aromatic rings. The SMILES string of the molecule is Cc1cc(C2(C)NC(=O)N(Cc3ccc(OC(F)(F)F)cc3)C2=O)c(C)o1. The van der Waals surface area contributed by atoms with E-state index in [9.17, 15) is 22.8 Å². The maximum Gasteiger partial charge on any atom is 0.573 e. The molecule has 1 aliphatic heterocycles. The molecule has 1 atom stereocenters. The monoisotopic (exact) mass is 382 g/mol. The number of carbonyl (C=O) groups is 2. The minimum absolute atomic E-state index is 0.0809. The standard InChI is InChI=1S/C18H17F3N2O4/c1-10-8-14(11(2)26-10)17(3)15(24)23(16(25)22-17)9-12-4-6-13(7-5-12)27-18(19,20)21/h4-8H,9H2,1-3H3,(H,22,25). The summed E-state index contributed by atoms with van der Waals surface area (Å²) in [6.07, 6.45) is -4.78. The predicted molar refractivity (Wildman–Crippen MR) is 87.7 cm³/mol. The molecule has 0 spiro atoms. The molecule has 9 heteroatoms. The average Bonchev–Trinajstić information content (AvgIpc) is 3.00. The number of hydrogen-bond donors (Lipinski definition) is 1. The van der Waals surface area contributed by atoms with E-state index in [-0.39, 0.29) is 12.3 Å². The van der Waals surface area contributed by atoms with Gasteiger partial charge >= 0.3 is 12.4 Å². The van der Waals surface area contributed by atoms with Crippen LogP contribution in [0.4, 0.5) is 18.0 Å². The molecule has 1 fully saturated rings. The molecule has 3 amide bonds. The summed E-state index contributed by atoms with van der Waals surface area (Å²) >= 11 is 0. The molecule has 1 aliphatic rings. The average molecular weight is 382 g/mol. The molecule has 2 heterocycles. The van der Waals surface area contributed by atoms with E-state index < -0.39 is 23.8 Å². The third-order valence-corrected chi connectivity index (χ3v) is 4.35. The fourth-order valence-electron chi connectivity index (χ4n) is 3.13. The Bertz CT molecular complexity index is 889. The molecule has 27 heavy (non-hydrogen) atoms. The van der Waals surface area contributed by atoms with Gasteiger partial charge in [0.1, 0.15) is 22.8 Å². The lowest BCUT2D eigenvalue weighted by Crippen LogP contribution is -2.41. The Balaban J connectivity index is 1.79. The van der Waals surface area contributed by atoms with Crippen molar-refractivity contribution in [2.45, 2.75) is 39.2 Å². The van der Waals surface area contributed by atoms with Crippen LogP contribution in [-0.4, -0.2) is 23.2 Å². The first-order chi connectivity index (χ1) is 12.5. The van der Waals surface area contributed by atoms with Gasteiger partial charge in [-0.05, 0) is 44.5 Å². The highest BCUT2D eigenvalue weighted by Gasteiger charge is 2.50. The highest BCUT2D eigenvalue weighted by atomic mass is 19.4. The van der Waals surface area contributed by atoms with Crippen molar-refractivity contribution < 1.29 is 31.9 Å². The van der Waals surface area contributed by atoms with Gasteiger partial charge in [-0.3, -0.25) is 9.69 Å². The van der Waals surface area contributed by atoms with Gasteiger partial charge < -0.3 is 14.5 Å². The van der Waals surface area contributed by atoms with E-state index in [1.807, 2.05) is 0 Å². The van der Waals surface area contributed by atoms with Gasteiger partial charge in [0.2, 0.25) is 0 Å². The Kier molecular flexibility index (Phi) is 4.41. The molecule has 1 unspecified atom stereocenters. The summed E-state index contributed by atoms with van der Waals surface area (Å²) in [5.41, 5.74) is -0.217. The number of nitrogens with zero attached hydrogens (tertiary/aromatic N) is 1. The van der Waals surface area contributed by atoms with Crippen molar-refractivity contribution in [3.8, 4) is 5.75 Å². The Labute approximate surface area is 152 Å².